The summed E-state index contributed by atoms with van der Waals surface area (Å²) in [4.78, 5) is 45.8. The Morgan fingerprint density at radius 2 is 1.97 bits per heavy atom. The molecule has 3 heterocycles. The minimum Gasteiger partial charge on any atom is -0.461 e. The van der Waals surface area contributed by atoms with Crippen LogP contribution in [0.2, 0.25) is 0 Å². The first-order valence-electron chi connectivity index (χ1n) is 14.1. The fraction of sp³-hybridized carbons (Fsp3) is 0.581. The van der Waals surface area contributed by atoms with E-state index in [2.05, 4.69) is 20.1 Å². The topological polar surface area (TPSA) is 87.1 Å². The molecule has 212 valence electrons. The van der Waals surface area contributed by atoms with E-state index in [4.69, 9.17) is 4.74 Å². The monoisotopic (exact) mass is 554 g/mol. The first-order valence-corrected chi connectivity index (χ1v) is 14.9. The summed E-state index contributed by atoms with van der Waals surface area (Å²) in [5.74, 6) is -2.10. The minimum absolute atomic E-state index is 0.0773. The molecule has 3 saturated heterocycles. The number of aliphatic hydroxyl groups is 1. The van der Waals surface area contributed by atoms with Crippen LogP contribution < -0.4 is 0 Å². The number of carbonyl (C=O) groups excluding carboxylic acids is 3. The van der Waals surface area contributed by atoms with Gasteiger partial charge in [0.05, 0.1) is 29.2 Å². The summed E-state index contributed by atoms with van der Waals surface area (Å²) >= 11 is 1.62. The molecule has 2 amide bonds. The van der Waals surface area contributed by atoms with E-state index >= 15 is 0 Å². The molecule has 1 N–H and O–H groups in total. The SMILES string of the molecule is C=CCOC(=O)[C@H]1[C@H]2C(=O)N([C@@H](CO)Cc3ccccc3)C(C(=O)N(CC=C)CCCCC)C23CC[C@]1(C)S3. The number of benzene rings is 1. The lowest BCUT2D eigenvalue weighted by molar-refractivity contribution is -0.155. The summed E-state index contributed by atoms with van der Waals surface area (Å²) in [6, 6.07) is 8.33. The van der Waals surface area contributed by atoms with E-state index in [0.29, 0.717) is 32.4 Å². The first kappa shape index (κ1) is 29.4. The molecule has 39 heavy (non-hydrogen) atoms. The van der Waals surface area contributed by atoms with Crippen molar-refractivity contribution in [2.75, 3.05) is 26.3 Å². The number of fused-ring (bicyclic) bond motifs is 1. The molecular formula is C31H42N2O5S. The lowest BCUT2D eigenvalue weighted by Gasteiger charge is -2.39. The van der Waals surface area contributed by atoms with Crippen LogP contribution in [0.15, 0.2) is 55.6 Å². The molecule has 6 atom stereocenters. The van der Waals surface area contributed by atoms with Crippen LogP contribution in [0.3, 0.4) is 0 Å². The van der Waals surface area contributed by atoms with Gasteiger partial charge in [0.15, 0.2) is 0 Å². The van der Waals surface area contributed by atoms with Gasteiger partial charge in [-0.05, 0) is 38.2 Å². The summed E-state index contributed by atoms with van der Waals surface area (Å²) in [5, 5.41) is 10.6. The Hall–Kier alpha value is -2.58. The van der Waals surface area contributed by atoms with Crippen LogP contribution in [0.1, 0.15) is 51.5 Å². The zero-order chi connectivity index (χ0) is 28.2. The van der Waals surface area contributed by atoms with Crippen molar-refractivity contribution in [2.45, 2.75) is 74.0 Å². The lowest BCUT2D eigenvalue weighted by Crippen LogP contribution is -2.58. The molecule has 1 aromatic carbocycles. The summed E-state index contributed by atoms with van der Waals surface area (Å²) in [5.41, 5.74) is 0.974. The molecule has 7 nitrogen and oxygen atoms in total. The number of esters is 1. The number of nitrogens with zero attached hydrogens (tertiary/aromatic N) is 2. The van der Waals surface area contributed by atoms with Crippen molar-refractivity contribution in [1.82, 2.24) is 9.80 Å². The van der Waals surface area contributed by atoms with E-state index in [1.54, 1.807) is 27.6 Å². The van der Waals surface area contributed by atoms with E-state index in [9.17, 15) is 19.5 Å². The van der Waals surface area contributed by atoms with Crippen molar-refractivity contribution in [3.63, 3.8) is 0 Å². The Bertz CT molecular complexity index is 1080. The average Bonchev–Trinajstić information content (AvgIpc) is 3.51. The van der Waals surface area contributed by atoms with Crippen LogP contribution >= 0.6 is 11.8 Å². The van der Waals surface area contributed by atoms with Crippen LogP contribution in [0.25, 0.3) is 0 Å². The number of amides is 2. The Labute approximate surface area is 236 Å². The van der Waals surface area contributed by atoms with Gasteiger partial charge >= 0.3 is 5.97 Å². The number of carbonyl (C=O) groups is 3. The fourth-order valence-electron chi connectivity index (χ4n) is 6.93. The van der Waals surface area contributed by atoms with E-state index < -0.39 is 39.4 Å². The number of unbranched alkanes of at least 4 members (excludes halogenated alkanes) is 2. The van der Waals surface area contributed by atoms with Gasteiger partial charge in [-0.25, -0.2) is 0 Å². The van der Waals surface area contributed by atoms with Crippen LogP contribution in [0.4, 0.5) is 0 Å². The van der Waals surface area contributed by atoms with Gasteiger partial charge in [0.25, 0.3) is 0 Å². The van der Waals surface area contributed by atoms with E-state index in [-0.39, 0.29) is 25.0 Å². The highest BCUT2D eigenvalue weighted by Gasteiger charge is 2.78. The number of hydrogen-bond donors (Lipinski definition) is 1. The second-order valence-corrected chi connectivity index (χ2v) is 13.1. The third-order valence-electron chi connectivity index (χ3n) is 8.66. The first-order chi connectivity index (χ1) is 18.8. The van der Waals surface area contributed by atoms with Crippen molar-refractivity contribution in [2.24, 2.45) is 11.8 Å². The molecule has 0 radical (unpaired) electrons. The largest absolute Gasteiger partial charge is 0.461 e. The summed E-state index contributed by atoms with van der Waals surface area (Å²) in [7, 11) is 0. The van der Waals surface area contributed by atoms with Gasteiger partial charge in [-0.15, -0.1) is 18.3 Å². The number of aliphatic hydroxyl groups excluding tert-OH is 1. The molecule has 2 unspecified atom stereocenters. The average molecular weight is 555 g/mol. The molecular weight excluding hydrogens is 512 g/mol. The maximum atomic E-state index is 14.5. The highest BCUT2D eigenvalue weighted by atomic mass is 32.2. The molecule has 0 aromatic heterocycles. The summed E-state index contributed by atoms with van der Waals surface area (Å²) in [6.07, 6.45) is 7.93. The van der Waals surface area contributed by atoms with Gasteiger partial charge in [-0.2, -0.15) is 0 Å². The molecule has 0 aliphatic carbocycles. The van der Waals surface area contributed by atoms with Gasteiger partial charge in [0, 0.05) is 17.8 Å². The Morgan fingerprint density at radius 3 is 2.62 bits per heavy atom. The van der Waals surface area contributed by atoms with Crippen LogP contribution in [-0.2, 0) is 25.5 Å². The molecule has 3 fully saturated rings. The maximum absolute atomic E-state index is 14.5. The van der Waals surface area contributed by atoms with Crippen molar-refractivity contribution in [1.29, 1.82) is 0 Å². The predicted molar refractivity (Wildman–Crippen MR) is 154 cm³/mol. The Kier molecular flexibility index (Phi) is 9.27. The minimum atomic E-state index is -0.776. The summed E-state index contributed by atoms with van der Waals surface area (Å²) < 4.78 is 4.26. The van der Waals surface area contributed by atoms with Crippen LogP contribution in [-0.4, -0.2) is 80.6 Å². The van der Waals surface area contributed by atoms with Gasteiger partial charge in [0.2, 0.25) is 11.8 Å². The number of likely N-dealkylation sites (tertiary alicyclic amines) is 1. The third kappa shape index (κ3) is 5.30. The molecule has 1 aromatic rings. The second kappa shape index (κ2) is 12.3. The Morgan fingerprint density at radius 1 is 1.23 bits per heavy atom. The molecule has 8 heteroatoms. The Balaban J connectivity index is 1.77. The van der Waals surface area contributed by atoms with Gasteiger partial charge < -0.3 is 19.6 Å². The highest BCUT2D eigenvalue weighted by Crippen LogP contribution is 2.71. The van der Waals surface area contributed by atoms with Crippen LogP contribution in [0, 0.1) is 11.8 Å². The standard InChI is InChI=1S/C31H42N2O5S/c1-5-8-12-18-32(17-6-2)28(36)26-31-16-15-30(4,39-31)25(29(37)38-19-7-3)24(31)27(35)33(26)23(21-34)20-22-13-10-9-11-14-22/h6-7,9-11,13-14,23-26,34H,2-3,5,8,12,15-21H2,1,4H3/t23-,24+,25-,26?,30+,31?/m1/s1. The van der Waals surface area contributed by atoms with Gasteiger partial charge in [0.1, 0.15) is 12.6 Å². The van der Waals surface area contributed by atoms with E-state index in [1.807, 2.05) is 37.3 Å². The lowest BCUT2D eigenvalue weighted by atomic mass is 9.66. The molecule has 1 spiro atoms. The van der Waals surface area contributed by atoms with Crippen molar-refractivity contribution < 1.29 is 24.2 Å². The predicted octanol–water partition coefficient (Wildman–Crippen LogP) is 4.01. The van der Waals surface area contributed by atoms with Crippen molar-refractivity contribution >= 4 is 29.5 Å². The van der Waals surface area contributed by atoms with Crippen molar-refractivity contribution in [3.05, 3.63) is 61.2 Å². The van der Waals surface area contributed by atoms with E-state index in [1.165, 1.54) is 6.08 Å². The molecule has 3 aliphatic rings. The fourth-order valence-corrected chi connectivity index (χ4v) is 9.26. The number of ether oxygens (including phenoxy) is 1. The number of rotatable bonds is 14. The molecule has 0 saturated carbocycles. The third-order valence-corrected chi connectivity index (χ3v) is 10.6. The maximum Gasteiger partial charge on any atom is 0.311 e. The normalized spacial score (nSPS) is 29.7. The molecule has 4 rings (SSSR count). The number of hydrogen-bond acceptors (Lipinski definition) is 6. The van der Waals surface area contributed by atoms with Gasteiger partial charge in [-0.1, -0.05) is 68.8 Å². The highest BCUT2D eigenvalue weighted by molar-refractivity contribution is 8.02. The molecule has 3 aliphatic heterocycles. The smallest absolute Gasteiger partial charge is 0.311 e. The quantitative estimate of drug-likeness (QED) is 0.213. The van der Waals surface area contributed by atoms with Crippen molar-refractivity contribution in [3.8, 4) is 0 Å². The number of thioether (sulfide) groups is 1. The van der Waals surface area contributed by atoms with Crippen LogP contribution in [0.5, 0.6) is 0 Å². The summed E-state index contributed by atoms with van der Waals surface area (Å²) in [6.45, 7) is 12.4. The van der Waals surface area contributed by atoms with E-state index in [0.717, 1.165) is 24.8 Å². The second-order valence-electron chi connectivity index (χ2n) is 11.2. The zero-order valence-electron chi connectivity index (χ0n) is 23.2. The zero-order valence-corrected chi connectivity index (χ0v) is 24.0. The molecule has 2 bridgehead atoms. The van der Waals surface area contributed by atoms with Gasteiger partial charge in [-0.3, -0.25) is 14.4 Å².